The highest BCUT2D eigenvalue weighted by Gasteiger charge is 2.48. The number of thiocarbonyl (C=S) groups is 1. The molecule has 1 aromatic heterocycles. The first-order chi connectivity index (χ1) is 28.6. The minimum atomic E-state index is -1.22. The molecule has 2 aliphatic heterocycles. The Hall–Kier alpha value is -5.56. The smallest absolute Gasteiger partial charge is 0.323 e. The van der Waals surface area contributed by atoms with E-state index in [1.165, 1.54) is 10.5 Å². The summed E-state index contributed by atoms with van der Waals surface area (Å²) in [6, 6.07) is 35.6. The average molecular weight is 840 g/mol. The van der Waals surface area contributed by atoms with E-state index in [0.29, 0.717) is 29.3 Å². The highest BCUT2D eigenvalue weighted by atomic mass is 32.2. The molecule has 2 aliphatic carbocycles. The summed E-state index contributed by atoms with van der Waals surface area (Å²) < 4.78 is 1.85. The number of carbonyl (C=O) groups is 3. The average Bonchev–Trinajstić information content (AvgIpc) is 4.05. The van der Waals surface area contributed by atoms with Crippen molar-refractivity contribution < 1.29 is 24.6 Å². The van der Waals surface area contributed by atoms with Crippen LogP contribution in [0.2, 0.25) is 0 Å². The summed E-state index contributed by atoms with van der Waals surface area (Å²) in [4.78, 5) is 56.1. The summed E-state index contributed by atoms with van der Waals surface area (Å²) in [6.45, 7) is 1.23. The van der Waals surface area contributed by atoms with Gasteiger partial charge in [0.1, 0.15) is 20.4 Å². The van der Waals surface area contributed by atoms with Crippen molar-refractivity contribution in [2.45, 2.75) is 63.6 Å². The van der Waals surface area contributed by atoms with Crippen molar-refractivity contribution >= 4 is 91.5 Å². The molecule has 0 radical (unpaired) electrons. The van der Waals surface area contributed by atoms with Crippen LogP contribution in [-0.4, -0.2) is 53.9 Å². The highest BCUT2D eigenvalue weighted by Crippen LogP contribution is 2.52. The number of thiazole rings is 1. The lowest BCUT2D eigenvalue weighted by Gasteiger charge is -2.27. The van der Waals surface area contributed by atoms with Gasteiger partial charge in [-0.3, -0.25) is 28.6 Å². The number of nitrogens with zero attached hydrogens (tertiary/aromatic N) is 3. The highest BCUT2D eigenvalue weighted by molar-refractivity contribution is 8.30. The minimum Gasteiger partial charge on any atom is -0.481 e. The van der Waals surface area contributed by atoms with E-state index in [2.05, 4.69) is 95.9 Å². The summed E-state index contributed by atoms with van der Waals surface area (Å²) in [5, 5.41) is 19.8. The summed E-state index contributed by atoms with van der Waals surface area (Å²) in [5.74, 6) is -3.25. The van der Waals surface area contributed by atoms with Gasteiger partial charge in [0.15, 0.2) is 0 Å². The standard InChI is InChI=1S/C47H41N3O6S3/c1-27-15-21-38(41(27)46(55)56)50-44(54)42(59-47(50)57)45-48(26-40(51)52)43(53)39(58-45)25-29-18-22-37-35(24-29)33-13-8-14-36(33)49(37)32-19-16-28(17-20-32)23-34(30-9-4-2-5-10-30)31-11-6-3-7-12-31/h2-7,9-12,16-20,22-25,27,33,36,38,41H,8,13-15,21,26H2,1H3,(H,51,52)(H,55,56)/b39-25-,45-42+. The predicted octanol–water partition coefficient (Wildman–Crippen LogP) is 7.67. The molecule has 5 unspecified atom stereocenters. The van der Waals surface area contributed by atoms with Gasteiger partial charge in [0.25, 0.3) is 11.5 Å². The van der Waals surface area contributed by atoms with E-state index in [0.717, 1.165) is 86.1 Å². The van der Waals surface area contributed by atoms with Crippen LogP contribution in [0.3, 0.4) is 0 Å². The van der Waals surface area contributed by atoms with Crippen molar-refractivity contribution in [1.29, 1.82) is 0 Å². The Bertz CT molecular complexity index is 2680. The summed E-state index contributed by atoms with van der Waals surface area (Å²) in [6.07, 6.45) is 8.39. The third-order valence-corrected chi connectivity index (χ3v) is 14.9. The monoisotopic (exact) mass is 839 g/mol. The summed E-state index contributed by atoms with van der Waals surface area (Å²) in [5.41, 5.74) is 8.37. The first-order valence-corrected chi connectivity index (χ1v) is 21.9. The number of carbonyl (C=O) groups excluding carboxylic acids is 1. The molecular weight excluding hydrogens is 799 g/mol. The normalized spacial score (nSPS) is 23.5. The molecule has 0 spiro atoms. The fraction of sp³-hybridized carbons (Fsp3) is 0.255. The number of fused-ring (bicyclic) bond motifs is 3. The third-order valence-electron chi connectivity index (χ3n) is 12.2. The number of benzene rings is 4. The molecule has 9 nitrogen and oxygen atoms in total. The molecule has 2 N–H and O–H groups in total. The van der Waals surface area contributed by atoms with Crippen LogP contribution < -0.4 is 19.7 Å². The van der Waals surface area contributed by atoms with Crippen molar-refractivity contribution in [3.8, 4) is 0 Å². The Morgan fingerprint density at radius 1 is 0.814 bits per heavy atom. The van der Waals surface area contributed by atoms with Crippen molar-refractivity contribution in [3.63, 3.8) is 0 Å². The van der Waals surface area contributed by atoms with E-state index in [9.17, 15) is 29.4 Å². The lowest BCUT2D eigenvalue weighted by molar-refractivity contribution is -0.145. The lowest BCUT2D eigenvalue weighted by Crippen LogP contribution is -2.44. The molecule has 5 atom stereocenters. The molecule has 5 aromatic rings. The van der Waals surface area contributed by atoms with Gasteiger partial charge < -0.3 is 15.1 Å². The van der Waals surface area contributed by atoms with Crippen LogP contribution in [0.4, 0.5) is 11.4 Å². The van der Waals surface area contributed by atoms with E-state index >= 15 is 0 Å². The number of anilines is 2. The van der Waals surface area contributed by atoms with Crippen LogP contribution in [0.15, 0.2) is 108 Å². The second kappa shape index (κ2) is 15.9. The Kier molecular flexibility index (Phi) is 10.5. The van der Waals surface area contributed by atoms with Crippen LogP contribution in [-0.2, 0) is 20.9 Å². The van der Waals surface area contributed by atoms with Gasteiger partial charge in [-0.25, -0.2) is 0 Å². The molecular formula is C47H41N3O6S3. The SMILES string of the molecule is CC1CCC(N2C(=O)/C(=c3\s/c(=C\c4ccc5c(c4)C4CCCC4N5c4ccc(C=C(c5ccccc5)c5ccccc5)cc4)c(=O)n3CC(=O)O)SC2=S)C1C(=O)O. The van der Waals surface area contributed by atoms with Gasteiger partial charge >= 0.3 is 11.9 Å². The van der Waals surface area contributed by atoms with Crippen LogP contribution in [0.1, 0.15) is 72.8 Å². The number of amides is 1. The number of hydrogen-bond donors (Lipinski definition) is 2. The number of carboxylic acid groups (broad SMARTS) is 2. The number of hydrogen-bond acceptors (Lipinski definition) is 8. The van der Waals surface area contributed by atoms with Crippen LogP contribution >= 0.6 is 35.3 Å². The number of rotatable bonds is 9. The zero-order valence-electron chi connectivity index (χ0n) is 32.2. The molecule has 59 heavy (non-hydrogen) atoms. The van der Waals surface area contributed by atoms with Gasteiger partial charge in [0.05, 0.1) is 16.5 Å². The fourth-order valence-corrected chi connectivity index (χ4v) is 12.2. The first kappa shape index (κ1) is 38.9. The molecule has 3 fully saturated rings. The van der Waals surface area contributed by atoms with E-state index in [1.54, 1.807) is 6.08 Å². The molecule has 2 saturated carbocycles. The van der Waals surface area contributed by atoms with Gasteiger partial charge in [-0.2, -0.15) is 0 Å². The molecule has 3 heterocycles. The van der Waals surface area contributed by atoms with E-state index in [1.807, 2.05) is 25.1 Å². The number of aromatic nitrogens is 1. The van der Waals surface area contributed by atoms with Crippen molar-refractivity contribution in [2.24, 2.45) is 11.8 Å². The second-order valence-corrected chi connectivity index (χ2v) is 18.4. The largest absolute Gasteiger partial charge is 0.481 e. The molecule has 4 aliphatic rings. The van der Waals surface area contributed by atoms with E-state index in [4.69, 9.17) is 12.2 Å². The number of thioether (sulfide) groups is 1. The molecule has 0 bridgehead atoms. The van der Waals surface area contributed by atoms with Crippen molar-refractivity contribution in [1.82, 2.24) is 9.47 Å². The molecule has 12 heteroatoms. The third kappa shape index (κ3) is 7.17. The fourth-order valence-electron chi connectivity index (χ4n) is 9.55. The van der Waals surface area contributed by atoms with Gasteiger partial charge in [0.2, 0.25) is 0 Å². The predicted molar refractivity (Wildman–Crippen MR) is 238 cm³/mol. The van der Waals surface area contributed by atoms with E-state index in [-0.39, 0.29) is 19.8 Å². The maximum atomic E-state index is 14.0. The zero-order chi connectivity index (χ0) is 40.9. The van der Waals surface area contributed by atoms with Crippen LogP contribution in [0.5, 0.6) is 0 Å². The first-order valence-electron chi connectivity index (χ1n) is 19.9. The van der Waals surface area contributed by atoms with Crippen molar-refractivity contribution in [2.75, 3.05) is 4.90 Å². The topological polar surface area (TPSA) is 120 Å². The Morgan fingerprint density at radius 2 is 1.49 bits per heavy atom. The Balaban J connectivity index is 1.05. The van der Waals surface area contributed by atoms with Crippen molar-refractivity contribution in [3.05, 3.63) is 150 Å². The van der Waals surface area contributed by atoms with Crippen LogP contribution in [0, 0.1) is 11.8 Å². The summed E-state index contributed by atoms with van der Waals surface area (Å²) in [7, 11) is 0. The van der Waals surface area contributed by atoms with Gasteiger partial charge in [0, 0.05) is 23.3 Å². The van der Waals surface area contributed by atoms with Crippen LogP contribution in [0.25, 0.3) is 22.6 Å². The maximum Gasteiger partial charge on any atom is 0.323 e. The van der Waals surface area contributed by atoms with Gasteiger partial charge in [-0.1, -0.05) is 116 Å². The molecule has 298 valence electrons. The Labute approximate surface area is 354 Å². The van der Waals surface area contributed by atoms with Gasteiger partial charge in [-0.05, 0) is 101 Å². The second-order valence-electron chi connectivity index (χ2n) is 15.7. The maximum absolute atomic E-state index is 14.0. The number of aliphatic carboxylic acids is 2. The zero-order valence-corrected chi connectivity index (χ0v) is 34.6. The molecule has 1 amide bonds. The minimum absolute atomic E-state index is 0.129. The quantitative estimate of drug-likeness (QED) is 0.114. The summed E-state index contributed by atoms with van der Waals surface area (Å²) >= 11 is 7.68. The molecule has 4 aromatic carbocycles. The van der Waals surface area contributed by atoms with Gasteiger partial charge in [-0.15, -0.1) is 11.3 Å². The molecule has 1 saturated heterocycles. The van der Waals surface area contributed by atoms with E-state index < -0.39 is 41.9 Å². The molecule has 9 rings (SSSR count). The Morgan fingerprint density at radius 3 is 2.15 bits per heavy atom. The number of carboxylic acids is 2. The lowest BCUT2D eigenvalue weighted by atomic mass is 9.95.